The summed E-state index contributed by atoms with van der Waals surface area (Å²) >= 11 is 0. The van der Waals surface area contributed by atoms with Gasteiger partial charge in [0.15, 0.2) is 0 Å². The number of amides is 1. The second-order valence-corrected chi connectivity index (χ2v) is 7.52. The van der Waals surface area contributed by atoms with Crippen molar-refractivity contribution < 1.29 is 14.6 Å². The van der Waals surface area contributed by atoms with E-state index in [0.29, 0.717) is 0 Å². The van der Waals surface area contributed by atoms with Gasteiger partial charge in [-0.15, -0.1) is 0 Å². The number of carbonyl (C=O) groups is 1. The van der Waals surface area contributed by atoms with Gasteiger partial charge in [0.2, 0.25) is 0 Å². The Labute approximate surface area is 122 Å². The van der Waals surface area contributed by atoms with Gasteiger partial charge >= 0.3 is 6.09 Å². The van der Waals surface area contributed by atoms with E-state index in [0.717, 1.165) is 32.5 Å². The lowest BCUT2D eigenvalue weighted by atomic mass is 9.92. The van der Waals surface area contributed by atoms with Gasteiger partial charge < -0.3 is 20.1 Å². The van der Waals surface area contributed by atoms with Crippen molar-refractivity contribution in [1.82, 2.24) is 10.2 Å². The molecule has 0 aromatic heterocycles. The van der Waals surface area contributed by atoms with Crippen LogP contribution in [0.5, 0.6) is 0 Å². The third-order valence-corrected chi connectivity index (χ3v) is 3.39. The Hall–Kier alpha value is -0.810. The molecule has 1 aliphatic rings. The third kappa shape index (κ3) is 6.57. The van der Waals surface area contributed by atoms with Gasteiger partial charge in [-0.05, 0) is 33.6 Å². The molecule has 0 saturated carbocycles. The van der Waals surface area contributed by atoms with E-state index in [1.807, 2.05) is 20.8 Å². The maximum atomic E-state index is 11.7. The summed E-state index contributed by atoms with van der Waals surface area (Å²) in [5.74, 6) is 0. The highest BCUT2D eigenvalue weighted by molar-refractivity contribution is 5.68. The Morgan fingerprint density at radius 2 is 1.80 bits per heavy atom. The molecular weight excluding hydrogens is 256 g/mol. The molecule has 0 unspecified atom stereocenters. The normalized spacial score (nSPS) is 18.9. The maximum Gasteiger partial charge on any atom is 0.407 e. The van der Waals surface area contributed by atoms with Crippen LogP contribution in [-0.4, -0.2) is 54.0 Å². The first-order valence-electron chi connectivity index (χ1n) is 7.44. The number of aliphatic hydroxyl groups excluding tert-OH is 1. The zero-order valence-electron chi connectivity index (χ0n) is 13.5. The van der Waals surface area contributed by atoms with Gasteiger partial charge in [-0.2, -0.15) is 0 Å². The largest absolute Gasteiger partial charge is 0.444 e. The molecule has 0 bridgehead atoms. The molecule has 118 valence electrons. The number of alkyl carbamates (subject to hydrolysis) is 1. The first kappa shape index (κ1) is 17.2. The number of piperidine rings is 1. The number of hydrogen-bond acceptors (Lipinski definition) is 4. The summed E-state index contributed by atoms with van der Waals surface area (Å²) in [5.41, 5.74) is -0.513. The van der Waals surface area contributed by atoms with Crippen molar-refractivity contribution in [3.63, 3.8) is 0 Å². The Kier molecular flexibility index (Phi) is 5.83. The van der Waals surface area contributed by atoms with Gasteiger partial charge in [-0.1, -0.05) is 13.8 Å². The summed E-state index contributed by atoms with van der Waals surface area (Å²) < 4.78 is 5.27. The van der Waals surface area contributed by atoms with Gasteiger partial charge in [0.05, 0.1) is 0 Å². The Morgan fingerprint density at radius 3 is 2.25 bits per heavy atom. The average molecular weight is 286 g/mol. The van der Waals surface area contributed by atoms with Gasteiger partial charge in [0.1, 0.15) is 5.60 Å². The standard InChI is InChI=1S/C15H30N2O3/c1-14(2,3)20-13(19)16-12-6-8-17(9-7-12)10-15(4,5)11-18/h12,18H,6-11H2,1-5H3,(H,16,19). The van der Waals surface area contributed by atoms with Crippen molar-refractivity contribution in [2.24, 2.45) is 5.41 Å². The van der Waals surface area contributed by atoms with Crippen molar-refractivity contribution in [1.29, 1.82) is 0 Å². The first-order chi connectivity index (χ1) is 9.11. The highest BCUT2D eigenvalue weighted by atomic mass is 16.6. The maximum absolute atomic E-state index is 11.7. The summed E-state index contributed by atoms with van der Waals surface area (Å²) in [5, 5.41) is 12.2. The lowest BCUT2D eigenvalue weighted by Gasteiger charge is -2.37. The number of rotatable bonds is 4. The van der Waals surface area contributed by atoms with Crippen LogP contribution in [0.4, 0.5) is 4.79 Å². The van der Waals surface area contributed by atoms with E-state index in [9.17, 15) is 9.90 Å². The number of likely N-dealkylation sites (tertiary alicyclic amines) is 1. The van der Waals surface area contributed by atoms with Crippen molar-refractivity contribution in [3.05, 3.63) is 0 Å². The molecule has 0 aliphatic carbocycles. The van der Waals surface area contributed by atoms with E-state index in [1.165, 1.54) is 0 Å². The van der Waals surface area contributed by atoms with Crippen LogP contribution >= 0.6 is 0 Å². The molecule has 20 heavy (non-hydrogen) atoms. The predicted molar refractivity (Wildman–Crippen MR) is 79.7 cm³/mol. The SMILES string of the molecule is CC(C)(CO)CN1CCC(NC(=O)OC(C)(C)C)CC1. The number of aliphatic hydroxyl groups is 1. The monoisotopic (exact) mass is 286 g/mol. The smallest absolute Gasteiger partial charge is 0.407 e. The van der Waals surface area contributed by atoms with E-state index in [4.69, 9.17) is 4.74 Å². The molecule has 0 aromatic rings. The fraction of sp³-hybridized carbons (Fsp3) is 0.933. The van der Waals surface area contributed by atoms with Crippen LogP contribution in [0.25, 0.3) is 0 Å². The van der Waals surface area contributed by atoms with Gasteiger partial charge in [-0.3, -0.25) is 0 Å². The predicted octanol–water partition coefficient (Wildman–Crippen LogP) is 1.99. The van der Waals surface area contributed by atoms with E-state index in [-0.39, 0.29) is 24.2 Å². The van der Waals surface area contributed by atoms with E-state index >= 15 is 0 Å². The van der Waals surface area contributed by atoms with Crippen molar-refractivity contribution in [2.45, 2.75) is 59.1 Å². The van der Waals surface area contributed by atoms with Crippen LogP contribution in [-0.2, 0) is 4.74 Å². The number of ether oxygens (including phenoxy) is 1. The number of hydrogen-bond donors (Lipinski definition) is 2. The molecule has 0 spiro atoms. The zero-order valence-corrected chi connectivity index (χ0v) is 13.5. The molecule has 1 heterocycles. The minimum Gasteiger partial charge on any atom is -0.444 e. The molecule has 2 N–H and O–H groups in total. The first-order valence-corrected chi connectivity index (χ1v) is 7.44. The van der Waals surface area contributed by atoms with E-state index < -0.39 is 5.60 Å². The Balaban J connectivity index is 2.30. The van der Waals surface area contributed by atoms with Crippen LogP contribution in [0.1, 0.15) is 47.5 Å². The highest BCUT2D eigenvalue weighted by Crippen LogP contribution is 2.19. The van der Waals surface area contributed by atoms with Crippen LogP contribution in [0.2, 0.25) is 0 Å². The Bertz CT molecular complexity index is 316. The lowest BCUT2D eigenvalue weighted by molar-refractivity contribution is 0.0455. The molecule has 1 amide bonds. The zero-order chi connectivity index (χ0) is 15.4. The molecule has 0 radical (unpaired) electrons. The average Bonchev–Trinajstić information content (AvgIpc) is 2.29. The number of nitrogens with zero attached hydrogens (tertiary/aromatic N) is 1. The molecule has 1 saturated heterocycles. The van der Waals surface area contributed by atoms with Crippen LogP contribution < -0.4 is 5.32 Å². The lowest BCUT2D eigenvalue weighted by Crippen LogP contribution is -2.48. The van der Waals surface area contributed by atoms with Crippen molar-refractivity contribution >= 4 is 6.09 Å². The molecule has 1 rings (SSSR count). The molecule has 5 heteroatoms. The van der Waals surface area contributed by atoms with Crippen molar-refractivity contribution in [3.8, 4) is 0 Å². The summed E-state index contributed by atoms with van der Waals surface area (Å²) in [4.78, 5) is 14.1. The minimum atomic E-state index is -0.448. The Morgan fingerprint density at radius 1 is 1.25 bits per heavy atom. The van der Waals surface area contributed by atoms with Crippen LogP contribution in [0, 0.1) is 5.41 Å². The summed E-state index contributed by atoms with van der Waals surface area (Å²) in [6, 6.07) is 0.193. The minimum absolute atomic E-state index is 0.0641. The number of carbonyl (C=O) groups excluding carboxylic acids is 1. The molecule has 5 nitrogen and oxygen atoms in total. The fourth-order valence-electron chi connectivity index (χ4n) is 2.36. The molecule has 1 aliphatic heterocycles. The van der Waals surface area contributed by atoms with Crippen molar-refractivity contribution in [2.75, 3.05) is 26.2 Å². The van der Waals surface area contributed by atoms with Crippen LogP contribution in [0.15, 0.2) is 0 Å². The second kappa shape index (κ2) is 6.76. The molecular formula is C15H30N2O3. The van der Waals surface area contributed by atoms with Gasteiger partial charge in [0.25, 0.3) is 0 Å². The van der Waals surface area contributed by atoms with E-state index in [2.05, 4.69) is 24.1 Å². The summed E-state index contributed by atoms with van der Waals surface area (Å²) in [6.07, 6.45) is 1.54. The van der Waals surface area contributed by atoms with Crippen LogP contribution in [0.3, 0.4) is 0 Å². The third-order valence-electron chi connectivity index (χ3n) is 3.39. The quantitative estimate of drug-likeness (QED) is 0.830. The molecule has 1 fully saturated rings. The summed E-state index contributed by atoms with van der Waals surface area (Å²) in [6.45, 7) is 12.7. The highest BCUT2D eigenvalue weighted by Gasteiger charge is 2.27. The fourth-order valence-corrected chi connectivity index (χ4v) is 2.36. The topological polar surface area (TPSA) is 61.8 Å². The second-order valence-electron chi connectivity index (χ2n) is 7.52. The van der Waals surface area contributed by atoms with E-state index in [1.54, 1.807) is 0 Å². The number of nitrogens with one attached hydrogen (secondary N) is 1. The molecule has 0 aromatic carbocycles. The van der Waals surface area contributed by atoms with Gasteiger partial charge in [-0.25, -0.2) is 4.79 Å². The van der Waals surface area contributed by atoms with Gasteiger partial charge in [0, 0.05) is 37.7 Å². The summed E-state index contributed by atoms with van der Waals surface area (Å²) in [7, 11) is 0. The molecule has 0 atom stereocenters.